The molecule has 7 nitrogen and oxygen atoms in total. The molecule has 7 heteroatoms. The second kappa shape index (κ2) is 7.41. The van der Waals surface area contributed by atoms with E-state index in [1.807, 2.05) is 6.07 Å². The molecule has 0 aliphatic rings. The molecule has 118 valence electrons. The zero-order valence-corrected chi connectivity index (χ0v) is 13.1. The van der Waals surface area contributed by atoms with Gasteiger partial charge in [0, 0.05) is 0 Å². The third kappa shape index (κ3) is 5.79. The average Bonchev–Trinajstić information content (AvgIpc) is 2.37. The highest BCUT2D eigenvalue weighted by atomic mass is 16.6. The Balaban J connectivity index is 2.88. The predicted octanol–water partition coefficient (Wildman–Crippen LogP) is 2.41. The Kier molecular flexibility index (Phi) is 5.87. The molecule has 0 aliphatic carbocycles. The minimum absolute atomic E-state index is 0.138. The first kappa shape index (κ1) is 17.4. The van der Waals surface area contributed by atoms with Gasteiger partial charge in [-0.05, 0) is 39.8 Å². The molecule has 1 N–H and O–H groups in total. The lowest BCUT2D eigenvalue weighted by molar-refractivity contribution is -0.142. The lowest BCUT2D eigenvalue weighted by Crippen LogP contribution is -2.27. The van der Waals surface area contributed by atoms with Gasteiger partial charge in [-0.15, -0.1) is 0 Å². The van der Waals surface area contributed by atoms with Gasteiger partial charge in [0.2, 0.25) is 0 Å². The SMILES string of the molecule is CCOC(=O)Cc1nc(NC(=O)OC(C)(C)C)ccc1C#N. The standard InChI is InChI=1S/C15H19N3O4/c1-5-21-13(19)8-11-10(9-16)6-7-12(17-11)18-14(20)22-15(2,3)4/h6-7H,5,8H2,1-4H3,(H,17,18,20). The second-order valence-electron chi connectivity index (χ2n) is 5.41. The summed E-state index contributed by atoms with van der Waals surface area (Å²) in [5, 5.41) is 11.5. The highest BCUT2D eigenvalue weighted by Crippen LogP contribution is 2.14. The highest BCUT2D eigenvalue weighted by Gasteiger charge is 2.17. The fourth-order valence-electron chi connectivity index (χ4n) is 1.56. The molecule has 0 spiro atoms. The van der Waals surface area contributed by atoms with Crippen LogP contribution in [0.25, 0.3) is 0 Å². The number of nitrogens with zero attached hydrogens (tertiary/aromatic N) is 2. The fourth-order valence-corrected chi connectivity index (χ4v) is 1.56. The minimum atomic E-state index is -0.660. The monoisotopic (exact) mass is 305 g/mol. The Morgan fingerprint density at radius 2 is 2.05 bits per heavy atom. The number of pyridine rings is 1. The van der Waals surface area contributed by atoms with Crippen LogP contribution < -0.4 is 5.32 Å². The first-order valence-electron chi connectivity index (χ1n) is 6.81. The lowest BCUT2D eigenvalue weighted by atomic mass is 10.1. The third-order valence-electron chi connectivity index (χ3n) is 2.34. The maximum absolute atomic E-state index is 11.7. The molecular weight excluding hydrogens is 286 g/mol. The van der Waals surface area contributed by atoms with E-state index in [0.717, 1.165) is 0 Å². The molecule has 0 aromatic carbocycles. The Labute approximate surface area is 129 Å². The summed E-state index contributed by atoms with van der Waals surface area (Å²) in [4.78, 5) is 27.3. The quantitative estimate of drug-likeness (QED) is 0.857. The Hall–Kier alpha value is -2.62. The van der Waals surface area contributed by atoms with Crippen molar-refractivity contribution in [2.75, 3.05) is 11.9 Å². The first-order valence-corrected chi connectivity index (χ1v) is 6.81. The van der Waals surface area contributed by atoms with E-state index in [4.69, 9.17) is 14.7 Å². The van der Waals surface area contributed by atoms with Crippen LogP contribution in [0.3, 0.4) is 0 Å². The summed E-state index contributed by atoms with van der Waals surface area (Å²) in [6, 6.07) is 4.90. The number of hydrogen-bond donors (Lipinski definition) is 1. The molecule has 22 heavy (non-hydrogen) atoms. The molecule has 0 fully saturated rings. The molecule has 0 aliphatic heterocycles. The van der Waals surface area contributed by atoms with E-state index in [0.29, 0.717) is 0 Å². The van der Waals surface area contributed by atoms with Crippen molar-refractivity contribution < 1.29 is 19.1 Å². The van der Waals surface area contributed by atoms with Crippen LogP contribution in [-0.2, 0) is 20.7 Å². The molecule has 0 unspecified atom stereocenters. The summed E-state index contributed by atoms with van der Waals surface area (Å²) < 4.78 is 9.94. The van der Waals surface area contributed by atoms with Gasteiger partial charge in [0.25, 0.3) is 0 Å². The van der Waals surface area contributed by atoms with Gasteiger partial charge in [0.05, 0.1) is 24.3 Å². The van der Waals surface area contributed by atoms with Crippen molar-refractivity contribution in [1.29, 1.82) is 5.26 Å². The van der Waals surface area contributed by atoms with Crippen LogP contribution in [0.15, 0.2) is 12.1 Å². The number of ether oxygens (including phenoxy) is 2. The van der Waals surface area contributed by atoms with Gasteiger partial charge in [-0.25, -0.2) is 9.78 Å². The molecule has 1 heterocycles. The maximum Gasteiger partial charge on any atom is 0.413 e. The topological polar surface area (TPSA) is 101 Å². The number of amides is 1. The zero-order valence-electron chi connectivity index (χ0n) is 13.1. The summed E-state index contributed by atoms with van der Waals surface area (Å²) >= 11 is 0. The van der Waals surface area contributed by atoms with Gasteiger partial charge in [0.1, 0.15) is 17.5 Å². The van der Waals surface area contributed by atoms with E-state index in [1.54, 1.807) is 27.7 Å². The van der Waals surface area contributed by atoms with Crippen LogP contribution in [0.1, 0.15) is 39.0 Å². The molecular formula is C15H19N3O4. The van der Waals surface area contributed by atoms with Gasteiger partial charge in [-0.1, -0.05) is 0 Å². The molecule has 0 saturated heterocycles. The van der Waals surface area contributed by atoms with E-state index in [2.05, 4.69) is 10.3 Å². The number of nitriles is 1. The van der Waals surface area contributed by atoms with Gasteiger partial charge in [0.15, 0.2) is 0 Å². The molecule has 0 bridgehead atoms. The van der Waals surface area contributed by atoms with Crippen molar-refractivity contribution in [3.63, 3.8) is 0 Å². The van der Waals surface area contributed by atoms with E-state index in [9.17, 15) is 9.59 Å². The molecule has 0 atom stereocenters. The summed E-state index contributed by atoms with van der Waals surface area (Å²) in [6.45, 7) is 7.16. The number of aromatic nitrogens is 1. The highest BCUT2D eigenvalue weighted by molar-refractivity contribution is 5.84. The fraction of sp³-hybridized carbons (Fsp3) is 0.467. The molecule has 1 aromatic rings. The number of rotatable bonds is 4. The molecule has 0 saturated carbocycles. The Bertz CT molecular complexity index is 600. The summed E-state index contributed by atoms with van der Waals surface area (Å²) in [5.41, 5.74) is -0.137. The first-order chi connectivity index (χ1) is 10.2. The molecule has 1 aromatic heterocycles. The van der Waals surface area contributed by atoms with Crippen LogP contribution in [0, 0.1) is 11.3 Å². The largest absolute Gasteiger partial charge is 0.466 e. The van der Waals surface area contributed by atoms with Crippen LogP contribution in [0.5, 0.6) is 0 Å². The predicted molar refractivity (Wildman–Crippen MR) is 79.1 cm³/mol. The van der Waals surface area contributed by atoms with Gasteiger partial charge >= 0.3 is 12.1 Å². The summed E-state index contributed by atoms with van der Waals surface area (Å²) in [6.07, 6.45) is -0.799. The van der Waals surface area contributed by atoms with Crippen LogP contribution >= 0.6 is 0 Å². The van der Waals surface area contributed by atoms with Crippen molar-refractivity contribution in [2.45, 2.75) is 39.7 Å². The van der Waals surface area contributed by atoms with Gasteiger partial charge < -0.3 is 9.47 Å². The smallest absolute Gasteiger partial charge is 0.413 e. The van der Waals surface area contributed by atoms with Crippen molar-refractivity contribution in [1.82, 2.24) is 4.98 Å². The van der Waals surface area contributed by atoms with E-state index < -0.39 is 17.7 Å². The Morgan fingerprint density at radius 3 is 2.59 bits per heavy atom. The minimum Gasteiger partial charge on any atom is -0.466 e. The van der Waals surface area contributed by atoms with Crippen molar-refractivity contribution in [3.05, 3.63) is 23.4 Å². The van der Waals surface area contributed by atoms with E-state index in [-0.39, 0.29) is 30.1 Å². The zero-order chi connectivity index (χ0) is 16.8. The molecule has 1 rings (SSSR count). The normalized spacial score (nSPS) is 10.5. The summed E-state index contributed by atoms with van der Waals surface area (Å²) in [7, 11) is 0. The number of carbonyl (C=O) groups is 2. The van der Waals surface area contributed by atoms with Crippen LogP contribution in [-0.4, -0.2) is 29.3 Å². The van der Waals surface area contributed by atoms with Gasteiger partial charge in [-0.3, -0.25) is 10.1 Å². The van der Waals surface area contributed by atoms with Crippen molar-refractivity contribution >= 4 is 17.9 Å². The van der Waals surface area contributed by atoms with E-state index in [1.165, 1.54) is 12.1 Å². The molecule has 0 radical (unpaired) electrons. The maximum atomic E-state index is 11.7. The van der Waals surface area contributed by atoms with Crippen LogP contribution in [0.2, 0.25) is 0 Å². The number of esters is 1. The van der Waals surface area contributed by atoms with Crippen molar-refractivity contribution in [2.24, 2.45) is 0 Å². The second-order valence-corrected chi connectivity index (χ2v) is 5.41. The number of nitrogens with one attached hydrogen (secondary N) is 1. The number of anilines is 1. The lowest BCUT2D eigenvalue weighted by Gasteiger charge is -2.19. The average molecular weight is 305 g/mol. The van der Waals surface area contributed by atoms with Gasteiger partial charge in [-0.2, -0.15) is 5.26 Å². The molecule has 1 amide bonds. The van der Waals surface area contributed by atoms with Crippen LogP contribution in [0.4, 0.5) is 10.6 Å². The number of hydrogen-bond acceptors (Lipinski definition) is 6. The van der Waals surface area contributed by atoms with E-state index >= 15 is 0 Å². The Morgan fingerprint density at radius 1 is 1.36 bits per heavy atom. The number of carbonyl (C=O) groups excluding carboxylic acids is 2. The van der Waals surface area contributed by atoms with Crippen molar-refractivity contribution in [3.8, 4) is 6.07 Å². The summed E-state index contributed by atoms with van der Waals surface area (Å²) in [5.74, 6) is -0.284. The third-order valence-corrected chi connectivity index (χ3v) is 2.34.